The first-order valence-electron chi connectivity index (χ1n) is 5.63. The maximum atomic E-state index is 11.9. The van der Waals surface area contributed by atoms with Crippen molar-refractivity contribution in [2.45, 2.75) is 20.4 Å². The van der Waals surface area contributed by atoms with Gasteiger partial charge in [0.15, 0.2) is 0 Å². The zero-order valence-electron chi connectivity index (χ0n) is 10.4. The summed E-state index contributed by atoms with van der Waals surface area (Å²) in [5.41, 5.74) is 8.57. The van der Waals surface area contributed by atoms with Crippen LogP contribution in [-0.4, -0.2) is 11.1 Å². The van der Waals surface area contributed by atoms with E-state index in [0.29, 0.717) is 23.5 Å². The molecule has 0 spiro atoms. The van der Waals surface area contributed by atoms with Crippen LogP contribution in [0.3, 0.4) is 0 Å². The number of carbonyl (C=O) groups excluding carboxylic acids is 1. The smallest absolute Gasteiger partial charge is 0.251 e. The van der Waals surface area contributed by atoms with Crippen molar-refractivity contribution >= 4 is 11.6 Å². The molecule has 1 aromatic carbocycles. The molecule has 0 unspecified atom stereocenters. The molecule has 1 heterocycles. The van der Waals surface area contributed by atoms with Gasteiger partial charge in [0.1, 0.15) is 11.5 Å². The van der Waals surface area contributed by atoms with Gasteiger partial charge in [0.25, 0.3) is 5.91 Å². The first-order valence-corrected chi connectivity index (χ1v) is 5.63. The summed E-state index contributed by atoms with van der Waals surface area (Å²) in [4.78, 5) is 11.9. The fourth-order valence-corrected chi connectivity index (χ4v) is 1.56. The van der Waals surface area contributed by atoms with Gasteiger partial charge in [0.2, 0.25) is 0 Å². The fraction of sp³-hybridized carbons (Fsp3) is 0.231. The molecule has 5 heteroatoms. The zero-order chi connectivity index (χ0) is 13.1. The predicted molar refractivity (Wildman–Crippen MR) is 68.0 cm³/mol. The van der Waals surface area contributed by atoms with E-state index in [1.807, 2.05) is 13.0 Å². The Morgan fingerprint density at radius 2 is 2.17 bits per heavy atom. The molecule has 94 valence electrons. The van der Waals surface area contributed by atoms with Crippen LogP contribution in [0.4, 0.5) is 5.69 Å². The van der Waals surface area contributed by atoms with E-state index in [0.717, 1.165) is 11.3 Å². The van der Waals surface area contributed by atoms with E-state index >= 15 is 0 Å². The molecule has 1 amide bonds. The largest absolute Gasteiger partial charge is 0.398 e. The van der Waals surface area contributed by atoms with Crippen molar-refractivity contribution in [3.8, 4) is 0 Å². The van der Waals surface area contributed by atoms with Crippen LogP contribution in [0.1, 0.15) is 27.4 Å². The Labute approximate surface area is 105 Å². The summed E-state index contributed by atoms with van der Waals surface area (Å²) < 4.78 is 4.92. The quantitative estimate of drug-likeness (QED) is 0.808. The monoisotopic (exact) mass is 245 g/mol. The lowest BCUT2D eigenvalue weighted by Gasteiger charge is -2.05. The average molecular weight is 245 g/mol. The average Bonchev–Trinajstić information content (AvgIpc) is 2.75. The second kappa shape index (κ2) is 4.91. The number of hydrogen-bond donors (Lipinski definition) is 2. The number of hydrogen-bond acceptors (Lipinski definition) is 4. The summed E-state index contributed by atoms with van der Waals surface area (Å²) in [5, 5.41) is 6.56. The highest BCUT2D eigenvalue weighted by atomic mass is 16.5. The number of nitrogens with one attached hydrogen (secondary N) is 1. The maximum absolute atomic E-state index is 11.9. The molecule has 0 atom stereocenters. The van der Waals surface area contributed by atoms with Crippen LogP contribution in [0.5, 0.6) is 0 Å². The first-order chi connectivity index (χ1) is 8.56. The van der Waals surface area contributed by atoms with Gasteiger partial charge in [-0.1, -0.05) is 11.2 Å². The third-order valence-corrected chi connectivity index (χ3v) is 2.65. The van der Waals surface area contributed by atoms with Crippen LogP contribution in [0.25, 0.3) is 0 Å². The fourth-order valence-electron chi connectivity index (χ4n) is 1.56. The standard InChI is InChI=1S/C13H15N3O2/c1-8-3-4-10(6-12(8)14)13(17)15-7-11-5-9(2)18-16-11/h3-6H,7,14H2,1-2H3,(H,15,17). The molecule has 0 bridgehead atoms. The van der Waals surface area contributed by atoms with E-state index in [2.05, 4.69) is 10.5 Å². The number of nitrogens with zero attached hydrogens (tertiary/aromatic N) is 1. The van der Waals surface area contributed by atoms with Crippen LogP contribution < -0.4 is 11.1 Å². The second-order valence-corrected chi connectivity index (χ2v) is 4.18. The summed E-state index contributed by atoms with van der Waals surface area (Å²) in [5.74, 6) is 0.543. The van der Waals surface area contributed by atoms with Crippen molar-refractivity contribution in [2.24, 2.45) is 0 Å². The minimum absolute atomic E-state index is 0.178. The van der Waals surface area contributed by atoms with E-state index in [1.54, 1.807) is 25.1 Å². The number of nitrogen functional groups attached to an aromatic ring is 1. The Hall–Kier alpha value is -2.30. The van der Waals surface area contributed by atoms with Gasteiger partial charge < -0.3 is 15.6 Å². The van der Waals surface area contributed by atoms with Crippen molar-refractivity contribution in [1.29, 1.82) is 0 Å². The van der Waals surface area contributed by atoms with Gasteiger partial charge >= 0.3 is 0 Å². The van der Waals surface area contributed by atoms with Crippen LogP contribution in [0, 0.1) is 13.8 Å². The number of carbonyl (C=O) groups is 1. The maximum Gasteiger partial charge on any atom is 0.251 e. The molecule has 0 fully saturated rings. The lowest BCUT2D eigenvalue weighted by Crippen LogP contribution is -2.23. The van der Waals surface area contributed by atoms with Crippen LogP contribution in [0.2, 0.25) is 0 Å². The number of benzene rings is 1. The summed E-state index contributed by atoms with van der Waals surface area (Å²) in [6.07, 6.45) is 0. The second-order valence-electron chi connectivity index (χ2n) is 4.18. The number of anilines is 1. The Morgan fingerprint density at radius 3 is 2.78 bits per heavy atom. The van der Waals surface area contributed by atoms with Gasteiger partial charge in [-0.05, 0) is 31.5 Å². The van der Waals surface area contributed by atoms with Crippen molar-refractivity contribution in [3.05, 3.63) is 46.8 Å². The molecule has 18 heavy (non-hydrogen) atoms. The normalized spacial score (nSPS) is 10.3. The van der Waals surface area contributed by atoms with Crippen molar-refractivity contribution in [3.63, 3.8) is 0 Å². The molecule has 2 rings (SSSR count). The van der Waals surface area contributed by atoms with E-state index < -0.39 is 0 Å². The van der Waals surface area contributed by atoms with Crippen LogP contribution >= 0.6 is 0 Å². The Bertz CT molecular complexity index is 575. The van der Waals surface area contributed by atoms with Gasteiger partial charge in [-0.3, -0.25) is 4.79 Å². The van der Waals surface area contributed by atoms with E-state index in [9.17, 15) is 4.79 Å². The minimum Gasteiger partial charge on any atom is -0.398 e. The van der Waals surface area contributed by atoms with Gasteiger partial charge in [-0.15, -0.1) is 0 Å². The summed E-state index contributed by atoms with van der Waals surface area (Å²) in [6, 6.07) is 7.02. The Kier molecular flexibility index (Phi) is 3.32. The highest BCUT2D eigenvalue weighted by molar-refractivity contribution is 5.95. The number of amides is 1. The number of aromatic nitrogens is 1. The molecule has 0 saturated heterocycles. The molecule has 3 N–H and O–H groups in total. The molecule has 0 aliphatic carbocycles. The van der Waals surface area contributed by atoms with E-state index in [1.165, 1.54) is 0 Å². The highest BCUT2D eigenvalue weighted by Crippen LogP contribution is 2.12. The van der Waals surface area contributed by atoms with Crippen LogP contribution in [0.15, 0.2) is 28.8 Å². The summed E-state index contributed by atoms with van der Waals surface area (Å²) in [7, 11) is 0. The van der Waals surface area contributed by atoms with Crippen LogP contribution in [-0.2, 0) is 6.54 Å². The molecule has 0 saturated carbocycles. The zero-order valence-corrected chi connectivity index (χ0v) is 10.4. The van der Waals surface area contributed by atoms with Gasteiger partial charge in [-0.2, -0.15) is 0 Å². The predicted octanol–water partition coefficient (Wildman–Crippen LogP) is 1.80. The minimum atomic E-state index is -0.178. The Balaban J connectivity index is 2.01. The van der Waals surface area contributed by atoms with Crippen molar-refractivity contribution in [2.75, 3.05) is 5.73 Å². The number of aryl methyl sites for hydroxylation is 2. The number of nitrogens with two attached hydrogens (primary N) is 1. The third-order valence-electron chi connectivity index (χ3n) is 2.65. The molecule has 0 aliphatic heterocycles. The summed E-state index contributed by atoms with van der Waals surface area (Å²) in [6.45, 7) is 4.04. The molecular formula is C13H15N3O2. The molecular weight excluding hydrogens is 230 g/mol. The van der Waals surface area contributed by atoms with E-state index in [-0.39, 0.29) is 5.91 Å². The number of rotatable bonds is 3. The van der Waals surface area contributed by atoms with Gasteiger partial charge in [-0.25, -0.2) is 0 Å². The lowest BCUT2D eigenvalue weighted by molar-refractivity contribution is 0.0950. The Morgan fingerprint density at radius 1 is 1.39 bits per heavy atom. The van der Waals surface area contributed by atoms with Gasteiger partial charge in [0.05, 0.1) is 6.54 Å². The lowest BCUT2D eigenvalue weighted by atomic mass is 10.1. The van der Waals surface area contributed by atoms with Crippen molar-refractivity contribution in [1.82, 2.24) is 10.5 Å². The third kappa shape index (κ3) is 2.68. The SMILES string of the molecule is Cc1cc(CNC(=O)c2ccc(C)c(N)c2)no1. The molecule has 0 aliphatic rings. The molecule has 5 nitrogen and oxygen atoms in total. The molecule has 0 radical (unpaired) electrons. The summed E-state index contributed by atoms with van der Waals surface area (Å²) >= 11 is 0. The highest BCUT2D eigenvalue weighted by Gasteiger charge is 2.08. The van der Waals surface area contributed by atoms with E-state index in [4.69, 9.17) is 10.3 Å². The molecule has 2 aromatic rings. The topological polar surface area (TPSA) is 81.2 Å². The van der Waals surface area contributed by atoms with Gasteiger partial charge in [0, 0.05) is 17.3 Å². The first kappa shape index (κ1) is 12.2. The molecule has 1 aromatic heterocycles. The van der Waals surface area contributed by atoms with Crippen molar-refractivity contribution < 1.29 is 9.32 Å².